The van der Waals surface area contributed by atoms with E-state index in [-0.39, 0.29) is 23.5 Å². The Labute approximate surface area is 164 Å². The minimum absolute atomic E-state index is 0.0205. The van der Waals surface area contributed by atoms with Crippen molar-refractivity contribution in [1.29, 1.82) is 0 Å². The lowest BCUT2D eigenvalue weighted by Gasteiger charge is -2.27. The number of thiophene rings is 2. The maximum atomic E-state index is 13.3. The minimum Gasteiger partial charge on any atom is -0.329 e. The van der Waals surface area contributed by atoms with Gasteiger partial charge in [0.1, 0.15) is 4.88 Å². The summed E-state index contributed by atoms with van der Waals surface area (Å²) in [6, 6.07) is 11.2. The van der Waals surface area contributed by atoms with E-state index in [0.29, 0.717) is 22.9 Å². The molecule has 0 spiro atoms. The highest BCUT2D eigenvalue weighted by molar-refractivity contribution is 7.91. The standard InChI is InChI=1S/C18H16ClNO3S3/c19-16-14-5-1-2-6-15(14)25-17(16)18(21)20(10-13-4-3-8-24-13)12-7-9-26(22,23)11-12/h1-6,8,12H,7,9-11H2/t12-/m1/s1. The number of carbonyl (C=O) groups is 1. The predicted octanol–water partition coefficient (Wildman–Crippen LogP) is 4.45. The van der Waals surface area contributed by atoms with Crippen LogP contribution in [-0.2, 0) is 16.4 Å². The highest BCUT2D eigenvalue weighted by Gasteiger charge is 2.36. The van der Waals surface area contributed by atoms with Gasteiger partial charge < -0.3 is 4.90 Å². The number of nitrogens with zero attached hydrogens (tertiary/aromatic N) is 1. The average Bonchev–Trinajstić information content (AvgIpc) is 3.32. The van der Waals surface area contributed by atoms with E-state index in [1.807, 2.05) is 41.8 Å². The van der Waals surface area contributed by atoms with Gasteiger partial charge in [0, 0.05) is 21.0 Å². The third kappa shape index (κ3) is 3.41. The highest BCUT2D eigenvalue weighted by Crippen LogP contribution is 2.37. The number of amides is 1. The summed E-state index contributed by atoms with van der Waals surface area (Å²) in [5.41, 5.74) is 0. The molecule has 0 bridgehead atoms. The zero-order valence-electron chi connectivity index (χ0n) is 13.7. The fourth-order valence-electron chi connectivity index (χ4n) is 3.24. The molecular formula is C18H16ClNO3S3. The van der Waals surface area contributed by atoms with Crippen molar-refractivity contribution in [2.24, 2.45) is 0 Å². The van der Waals surface area contributed by atoms with Crippen LogP contribution in [0.2, 0.25) is 5.02 Å². The lowest BCUT2D eigenvalue weighted by Crippen LogP contribution is -2.40. The molecule has 0 radical (unpaired) electrons. The number of hydrogen-bond acceptors (Lipinski definition) is 5. The lowest BCUT2D eigenvalue weighted by molar-refractivity contribution is 0.0688. The van der Waals surface area contributed by atoms with Crippen LogP contribution in [0.25, 0.3) is 10.1 Å². The SMILES string of the molecule is O=C(c1sc2ccccc2c1Cl)N(Cc1cccs1)[C@@H]1CCS(=O)(=O)C1. The summed E-state index contributed by atoms with van der Waals surface area (Å²) in [4.78, 5) is 16.5. The van der Waals surface area contributed by atoms with Crippen molar-refractivity contribution in [3.63, 3.8) is 0 Å². The predicted molar refractivity (Wildman–Crippen MR) is 108 cm³/mol. The number of benzene rings is 1. The molecule has 4 nitrogen and oxygen atoms in total. The fourth-order valence-corrected chi connectivity index (χ4v) is 7.14. The number of fused-ring (bicyclic) bond motifs is 1. The van der Waals surface area contributed by atoms with Crippen molar-refractivity contribution < 1.29 is 13.2 Å². The molecule has 0 unspecified atom stereocenters. The van der Waals surface area contributed by atoms with Crippen LogP contribution in [0.5, 0.6) is 0 Å². The molecule has 2 aromatic heterocycles. The molecule has 1 saturated heterocycles. The maximum absolute atomic E-state index is 13.3. The second-order valence-corrected chi connectivity index (χ2v) is 11.0. The Morgan fingerprint density at radius 3 is 2.69 bits per heavy atom. The summed E-state index contributed by atoms with van der Waals surface area (Å²) in [6.07, 6.45) is 0.474. The van der Waals surface area contributed by atoms with Gasteiger partial charge in [-0.05, 0) is 23.9 Å². The molecular weight excluding hydrogens is 410 g/mol. The molecule has 1 aromatic carbocycles. The largest absolute Gasteiger partial charge is 0.329 e. The van der Waals surface area contributed by atoms with Crippen LogP contribution in [0, 0.1) is 0 Å². The third-order valence-electron chi connectivity index (χ3n) is 4.55. The van der Waals surface area contributed by atoms with E-state index in [2.05, 4.69) is 0 Å². The summed E-state index contributed by atoms with van der Waals surface area (Å²) in [5.74, 6) is -0.0368. The van der Waals surface area contributed by atoms with E-state index in [1.54, 1.807) is 16.2 Å². The van der Waals surface area contributed by atoms with Crippen LogP contribution in [0.1, 0.15) is 21.0 Å². The van der Waals surface area contributed by atoms with E-state index in [0.717, 1.165) is 15.0 Å². The van der Waals surface area contributed by atoms with Crippen LogP contribution in [0.4, 0.5) is 0 Å². The van der Waals surface area contributed by atoms with E-state index in [1.165, 1.54) is 11.3 Å². The van der Waals surface area contributed by atoms with Gasteiger partial charge in [0.25, 0.3) is 5.91 Å². The van der Waals surface area contributed by atoms with Crippen LogP contribution < -0.4 is 0 Å². The van der Waals surface area contributed by atoms with Gasteiger partial charge in [-0.3, -0.25) is 4.79 Å². The zero-order valence-corrected chi connectivity index (χ0v) is 16.9. The quantitative estimate of drug-likeness (QED) is 0.620. The molecule has 1 amide bonds. The summed E-state index contributed by atoms with van der Waals surface area (Å²) in [7, 11) is -3.09. The first kappa shape index (κ1) is 18.0. The fraction of sp³-hybridized carbons (Fsp3) is 0.278. The zero-order chi connectivity index (χ0) is 18.3. The molecule has 1 atom stereocenters. The second kappa shape index (κ2) is 6.96. The van der Waals surface area contributed by atoms with Crippen molar-refractivity contribution in [1.82, 2.24) is 4.90 Å². The van der Waals surface area contributed by atoms with Gasteiger partial charge in [-0.2, -0.15) is 0 Å². The van der Waals surface area contributed by atoms with Gasteiger partial charge in [-0.1, -0.05) is 35.9 Å². The Morgan fingerprint density at radius 1 is 1.23 bits per heavy atom. The number of halogens is 1. The first-order chi connectivity index (χ1) is 12.4. The van der Waals surface area contributed by atoms with Gasteiger partial charge in [-0.25, -0.2) is 8.42 Å². The Kier molecular flexibility index (Phi) is 4.81. The first-order valence-corrected chi connectivity index (χ1v) is 12.0. The minimum atomic E-state index is -3.09. The summed E-state index contributed by atoms with van der Waals surface area (Å²) in [6.45, 7) is 0.404. The summed E-state index contributed by atoms with van der Waals surface area (Å²) < 4.78 is 24.9. The Morgan fingerprint density at radius 2 is 2.04 bits per heavy atom. The van der Waals surface area contributed by atoms with Crippen LogP contribution in [0.15, 0.2) is 41.8 Å². The van der Waals surface area contributed by atoms with Crippen molar-refractivity contribution in [2.45, 2.75) is 19.0 Å². The van der Waals surface area contributed by atoms with Gasteiger partial charge in [-0.15, -0.1) is 22.7 Å². The van der Waals surface area contributed by atoms with Crippen LogP contribution >= 0.6 is 34.3 Å². The third-order valence-corrected chi connectivity index (χ3v) is 8.82. The lowest BCUT2D eigenvalue weighted by atomic mass is 10.2. The molecule has 3 heterocycles. The molecule has 26 heavy (non-hydrogen) atoms. The molecule has 8 heteroatoms. The summed E-state index contributed by atoms with van der Waals surface area (Å²) in [5, 5.41) is 3.26. The molecule has 1 aliphatic heterocycles. The Balaban J connectivity index is 1.72. The second-order valence-electron chi connectivity index (χ2n) is 6.31. The molecule has 1 aliphatic rings. The van der Waals surface area contributed by atoms with Crippen molar-refractivity contribution >= 4 is 60.1 Å². The van der Waals surface area contributed by atoms with Gasteiger partial charge in [0.2, 0.25) is 0 Å². The molecule has 0 saturated carbocycles. The molecule has 0 N–H and O–H groups in total. The molecule has 4 rings (SSSR count). The van der Waals surface area contributed by atoms with E-state index < -0.39 is 9.84 Å². The molecule has 0 aliphatic carbocycles. The molecule has 1 fully saturated rings. The molecule has 3 aromatic rings. The number of sulfone groups is 1. The van der Waals surface area contributed by atoms with E-state index in [4.69, 9.17) is 11.6 Å². The normalized spacial score (nSPS) is 19.0. The monoisotopic (exact) mass is 425 g/mol. The van der Waals surface area contributed by atoms with Crippen LogP contribution in [0.3, 0.4) is 0 Å². The molecule has 136 valence electrons. The number of rotatable bonds is 4. The van der Waals surface area contributed by atoms with E-state index >= 15 is 0 Å². The Hall–Kier alpha value is -1.41. The first-order valence-electron chi connectivity index (χ1n) is 8.15. The smallest absolute Gasteiger partial charge is 0.266 e. The van der Waals surface area contributed by atoms with Crippen LogP contribution in [-0.4, -0.2) is 36.8 Å². The topological polar surface area (TPSA) is 54.5 Å². The van der Waals surface area contributed by atoms with Crippen molar-refractivity contribution in [2.75, 3.05) is 11.5 Å². The van der Waals surface area contributed by atoms with Crippen molar-refractivity contribution in [3.05, 3.63) is 56.6 Å². The van der Waals surface area contributed by atoms with Crippen molar-refractivity contribution in [3.8, 4) is 0 Å². The maximum Gasteiger partial charge on any atom is 0.266 e. The summed E-state index contributed by atoms with van der Waals surface area (Å²) >= 11 is 9.41. The van der Waals surface area contributed by atoms with Gasteiger partial charge >= 0.3 is 0 Å². The average molecular weight is 426 g/mol. The highest BCUT2D eigenvalue weighted by atomic mass is 35.5. The van der Waals surface area contributed by atoms with Gasteiger partial charge in [0.15, 0.2) is 9.84 Å². The number of hydrogen-bond donors (Lipinski definition) is 0. The van der Waals surface area contributed by atoms with Gasteiger partial charge in [0.05, 0.1) is 23.1 Å². The van der Waals surface area contributed by atoms with E-state index in [9.17, 15) is 13.2 Å². The Bertz CT molecular complexity index is 1060. The number of carbonyl (C=O) groups excluding carboxylic acids is 1.